The van der Waals surface area contributed by atoms with Crippen LogP contribution in [0, 0.1) is 0 Å². The van der Waals surface area contributed by atoms with Gasteiger partial charge >= 0.3 is 12.3 Å². The van der Waals surface area contributed by atoms with Gasteiger partial charge in [-0.2, -0.15) is 13.2 Å². The lowest BCUT2D eigenvalue weighted by molar-refractivity contribution is -0.137. The molecular weight excluding hydrogens is 415 g/mol. The topological polar surface area (TPSA) is 68.5 Å². The summed E-state index contributed by atoms with van der Waals surface area (Å²) in [6.07, 6.45) is -5.37. The first-order chi connectivity index (χ1) is 13.9. The molecule has 1 heterocycles. The van der Waals surface area contributed by atoms with Crippen LogP contribution < -0.4 is 10.6 Å². The molecule has 30 heavy (non-hydrogen) atoms. The van der Waals surface area contributed by atoms with Crippen molar-refractivity contribution in [3.63, 3.8) is 0 Å². The summed E-state index contributed by atoms with van der Waals surface area (Å²) >= 11 is 1.11. The zero-order valence-corrected chi connectivity index (χ0v) is 17.3. The number of nitrogens with zero attached hydrogens (tertiary/aromatic N) is 2. The highest BCUT2D eigenvalue weighted by molar-refractivity contribution is 7.14. The van der Waals surface area contributed by atoms with E-state index < -0.39 is 23.4 Å². The smallest absolute Gasteiger partial charge is 0.421 e. The maximum absolute atomic E-state index is 13.2. The van der Waals surface area contributed by atoms with Gasteiger partial charge < -0.3 is 10.5 Å². The molecule has 0 fully saturated rings. The standard InChI is InChI=1S/C21H20F3N3O2S/c1-20(2,3)29-19(28)27(16-9-5-7-14(11-16)21(22,23)24)18-26-17(12-30-18)13-6-4-8-15(25)10-13/h4-12H,25H2,1-3H3. The quantitative estimate of drug-likeness (QED) is 0.478. The van der Waals surface area contributed by atoms with Crippen molar-refractivity contribution in [3.8, 4) is 11.3 Å². The Kier molecular flexibility index (Phi) is 5.76. The Morgan fingerprint density at radius 1 is 1.10 bits per heavy atom. The number of hydrogen-bond acceptors (Lipinski definition) is 5. The second-order valence-electron chi connectivity index (χ2n) is 7.50. The molecular formula is C21H20F3N3O2S. The number of halogens is 3. The molecule has 158 valence electrons. The number of rotatable bonds is 3. The number of anilines is 3. The van der Waals surface area contributed by atoms with Crippen LogP contribution in [-0.2, 0) is 10.9 Å². The van der Waals surface area contributed by atoms with E-state index in [-0.39, 0.29) is 10.8 Å². The summed E-state index contributed by atoms with van der Waals surface area (Å²) in [7, 11) is 0. The molecule has 0 bridgehead atoms. The Labute approximate surface area is 175 Å². The average Bonchev–Trinajstić information content (AvgIpc) is 3.09. The normalized spacial score (nSPS) is 11.9. The first kappa shape index (κ1) is 21.6. The van der Waals surface area contributed by atoms with Crippen molar-refractivity contribution in [3.05, 3.63) is 59.5 Å². The van der Waals surface area contributed by atoms with Crippen LogP contribution >= 0.6 is 11.3 Å². The van der Waals surface area contributed by atoms with Crippen molar-refractivity contribution < 1.29 is 22.7 Å². The van der Waals surface area contributed by atoms with Gasteiger partial charge in [0.2, 0.25) is 0 Å². The van der Waals surface area contributed by atoms with Crippen molar-refractivity contribution >= 4 is 33.9 Å². The summed E-state index contributed by atoms with van der Waals surface area (Å²) in [6, 6.07) is 11.5. The summed E-state index contributed by atoms with van der Waals surface area (Å²) in [5.74, 6) is 0. The molecule has 3 aromatic rings. The molecule has 2 N–H and O–H groups in total. The molecule has 0 saturated carbocycles. The molecule has 9 heteroatoms. The molecule has 0 aliphatic heterocycles. The van der Waals surface area contributed by atoms with Crippen molar-refractivity contribution in [1.82, 2.24) is 4.98 Å². The lowest BCUT2D eigenvalue weighted by atomic mass is 10.1. The minimum absolute atomic E-state index is 0.00699. The van der Waals surface area contributed by atoms with Gasteiger partial charge in [0.15, 0.2) is 5.13 Å². The number of carbonyl (C=O) groups excluding carboxylic acids is 1. The molecule has 2 aromatic carbocycles. The van der Waals surface area contributed by atoms with Gasteiger partial charge in [0.1, 0.15) is 5.60 Å². The first-order valence-corrected chi connectivity index (χ1v) is 9.84. The largest absolute Gasteiger partial charge is 0.443 e. The van der Waals surface area contributed by atoms with E-state index in [0.29, 0.717) is 11.4 Å². The Balaban J connectivity index is 2.06. The second kappa shape index (κ2) is 7.98. The minimum atomic E-state index is -4.55. The maximum Gasteiger partial charge on any atom is 0.421 e. The van der Waals surface area contributed by atoms with Crippen LogP contribution in [0.25, 0.3) is 11.3 Å². The average molecular weight is 435 g/mol. The van der Waals surface area contributed by atoms with E-state index in [9.17, 15) is 18.0 Å². The minimum Gasteiger partial charge on any atom is -0.443 e. The summed E-state index contributed by atoms with van der Waals surface area (Å²) in [5, 5.41) is 1.88. The lowest BCUT2D eigenvalue weighted by Crippen LogP contribution is -2.34. The number of amides is 1. The van der Waals surface area contributed by atoms with Gasteiger partial charge in [0.05, 0.1) is 16.9 Å². The number of ether oxygens (including phenoxy) is 1. The number of alkyl halides is 3. The van der Waals surface area contributed by atoms with Crippen molar-refractivity contribution in [2.24, 2.45) is 0 Å². The Hall–Kier alpha value is -3.07. The molecule has 0 unspecified atom stereocenters. The molecule has 0 aliphatic carbocycles. The molecule has 5 nitrogen and oxygen atoms in total. The van der Waals surface area contributed by atoms with Crippen molar-refractivity contribution in [1.29, 1.82) is 0 Å². The van der Waals surface area contributed by atoms with Gasteiger partial charge in [-0.1, -0.05) is 18.2 Å². The predicted molar refractivity (Wildman–Crippen MR) is 112 cm³/mol. The third-order valence-corrected chi connectivity index (χ3v) is 4.70. The SMILES string of the molecule is CC(C)(C)OC(=O)N(c1cccc(C(F)(F)F)c1)c1nc(-c2cccc(N)c2)cs1. The van der Waals surface area contributed by atoms with Gasteiger partial charge in [-0.3, -0.25) is 0 Å². The number of benzene rings is 2. The predicted octanol–water partition coefficient (Wildman–Crippen LogP) is 6.48. The molecule has 0 saturated heterocycles. The van der Waals surface area contributed by atoms with Gasteiger partial charge in [-0.25, -0.2) is 14.7 Å². The van der Waals surface area contributed by atoms with Crippen LogP contribution in [0.1, 0.15) is 26.3 Å². The highest BCUT2D eigenvalue weighted by Crippen LogP contribution is 2.37. The number of carbonyl (C=O) groups is 1. The number of nitrogen functional groups attached to an aromatic ring is 1. The third-order valence-electron chi connectivity index (χ3n) is 3.87. The molecule has 3 rings (SSSR count). The molecule has 0 atom stereocenters. The fourth-order valence-corrected chi connectivity index (χ4v) is 3.46. The Morgan fingerprint density at radius 3 is 2.43 bits per heavy atom. The van der Waals surface area contributed by atoms with Gasteiger partial charge in [-0.05, 0) is 51.1 Å². The van der Waals surface area contributed by atoms with Gasteiger partial charge in [-0.15, -0.1) is 11.3 Å². The van der Waals surface area contributed by atoms with Crippen LogP contribution in [0.5, 0.6) is 0 Å². The zero-order valence-electron chi connectivity index (χ0n) is 16.5. The molecule has 1 aromatic heterocycles. The fraction of sp³-hybridized carbons (Fsp3) is 0.238. The van der Waals surface area contributed by atoms with E-state index in [1.807, 2.05) is 0 Å². The third kappa shape index (κ3) is 5.10. The molecule has 0 radical (unpaired) electrons. The lowest BCUT2D eigenvalue weighted by Gasteiger charge is -2.26. The molecule has 0 spiro atoms. The first-order valence-electron chi connectivity index (χ1n) is 8.96. The maximum atomic E-state index is 13.2. The van der Waals surface area contributed by atoms with Crippen LogP contribution in [0.3, 0.4) is 0 Å². The number of nitrogens with two attached hydrogens (primary N) is 1. The number of thiazole rings is 1. The highest BCUT2D eigenvalue weighted by Gasteiger charge is 2.33. The highest BCUT2D eigenvalue weighted by atomic mass is 32.1. The van der Waals surface area contributed by atoms with E-state index in [2.05, 4.69) is 4.98 Å². The van der Waals surface area contributed by atoms with Crippen LogP contribution in [-0.4, -0.2) is 16.7 Å². The monoisotopic (exact) mass is 435 g/mol. The van der Waals surface area contributed by atoms with Crippen LogP contribution in [0.2, 0.25) is 0 Å². The van der Waals surface area contributed by atoms with Crippen molar-refractivity contribution in [2.45, 2.75) is 32.5 Å². The number of hydrogen-bond donors (Lipinski definition) is 1. The molecule has 0 aliphatic rings. The summed E-state index contributed by atoms with van der Waals surface area (Å²) in [5.41, 5.74) is 5.92. The summed E-state index contributed by atoms with van der Waals surface area (Å²) in [6.45, 7) is 5.03. The Morgan fingerprint density at radius 2 is 1.80 bits per heavy atom. The molecule has 1 amide bonds. The number of aromatic nitrogens is 1. The second-order valence-corrected chi connectivity index (χ2v) is 8.34. The fourth-order valence-electron chi connectivity index (χ4n) is 2.62. The Bertz CT molecular complexity index is 1060. The summed E-state index contributed by atoms with van der Waals surface area (Å²) in [4.78, 5) is 18.4. The van der Waals surface area contributed by atoms with E-state index in [1.54, 1.807) is 50.4 Å². The van der Waals surface area contributed by atoms with E-state index >= 15 is 0 Å². The van der Waals surface area contributed by atoms with E-state index in [4.69, 9.17) is 10.5 Å². The van der Waals surface area contributed by atoms with Gasteiger partial charge in [0.25, 0.3) is 0 Å². The van der Waals surface area contributed by atoms with E-state index in [0.717, 1.165) is 33.9 Å². The van der Waals surface area contributed by atoms with Gasteiger partial charge in [0, 0.05) is 16.6 Å². The van der Waals surface area contributed by atoms with Crippen LogP contribution in [0.15, 0.2) is 53.9 Å². The summed E-state index contributed by atoms with van der Waals surface area (Å²) < 4.78 is 45.0. The van der Waals surface area contributed by atoms with Crippen molar-refractivity contribution in [2.75, 3.05) is 10.6 Å². The van der Waals surface area contributed by atoms with Crippen LogP contribution in [0.4, 0.5) is 34.5 Å². The zero-order chi connectivity index (χ0) is 22.1. The van der Waals surface area contributed by atoms with E-state index in [1.165, 1.54) is 12.1 Å².